The Morgan fingerprint density at radius 1 is 0.806 bits per heavy atom. The largest absolute Gasteiger partial charge is 0.398 e. The van der Waals surface area contributed by atoms with E-state index in [1.807, 2.05) is 7.05 Å². The van der Waals surface area contributed by atoms with Crippen molar-refractivity contribution in [3.05, 3.63) is 76.9 Å². The molecular weight excluding hydrogens is 380 g/mol. The first kappa shape index (κ1) is 28.9. The molecule has 0 radical (unpaired) electrons. The fraction of sp³-hybridized carbons (Fsp3) is 0.481. The minimum absolute atomic E-state index is 0.0771. The summed E-state index contributed by atoms with van der Waals surface area (Å²) < 4.78 is 0. The maximum absolute atomic E-state index is 6.19. The van der Waals surface area contributed by atoms with Gasteiger partial charge in [0.25, 0.3) is 0 Å². The van der Waals surface area contributed by atoms with Crippen LogP contribution in [0.25, 0.3) is 0 Å². The third-order valence-corrected chi connectivity index (χ3v) is 5.92. The molecule has 0 unspecified atom stereocenters. The number of aryl methyl sites for hydroxylation is 3. The van der Waals surface area contributed by atoms with Crippen molar-refractivity contribution < 1.29 is 0 Å². The smallest absolute Gasteiger partial charge is 0.0384 e. The SMILES string of the molecule is C=C.CN.CN.CNC(C)(C)c1ccc(C)cc1.Nc1c2c(cc3c1CCC3)CCC2. The molecule has 0 fully saturated rings. The molecule has 2 aromatic carbocycles. The molecule has 2 aromatic rings. The second kappa shape index (κ2) is 14.8. The first-order chi connectivity index (χ1) is 14.9. The summed E-state index contributed by atoms with van der Waals surface area (Å²) in [6.07, 6.45) is 7.56. The van der Waals surface area contributed by atoms with Gasteiger partial charge in [0.2, 0.25) is 0 Å². The van der Waals surface area contributed by atoms with Gasteiger partial charge in [0.05, 0.1) is 0 Å². The molecular formula is C27H46N4. The molecule has 31 heavy (non-hydrogen) atoms. The fourth-order valence-corrected chi connectivity index (χ4v) is 3.97. The summed E-state index contributed by atoms with van der Waals surface area (Å²) in [5, 5.41) is 3.28. The Balaban J connectivity index is 0.000000471. The summed E-state index contributed by atoms with van der Waals surface area (Å²) in [6.45, 7) is 12.5. The molecule has 4 heteroatoms. The molecule has 0 spiro atoms. The van der Waals surface area contributed by atoms with Crippen molar-refractivity contribution in [2.24, 2.45) is 11.5 Å². The highest BCUT2D eigenvalue weighted by Gasteiger charge is 2.21. The van der Waals surface area contributed by atoms with Gasteiger partial charge in [-0.15, -0.1) is 13.2 Å². The second-order valence-corrected chi connectivity index (χ2v) is 8.01. The first-order valence-electron chi connectivity index (χ1n) is 11.3. The number of nitrogens with one attached hydrogen (secondary N) is 1. The van der Waals surface area contributed by atoms with Gasteiger partial charge in [0, 0.05) is 11.2 Å². The van der Waals surface area contributed by atoms with Crippen LogP contribution in [0.3, 0.4) is 0 Å². The Morgan fingerprint density at radius 3 is 1.61 bits per heavy atom. The Bertz CT molecular complexity index is 732. The first-order valence-corrected chi connectivity index (χ1v) is 11.3. The average molecular weight is 427 g/mol. The van der Waals surface area contributed by atoms with Gasteiger partial charge in [-0.1, -0.05) is 35.9 Å². The van der Waals surface area contributed by atoms with Gasteiger partial charge in [0.15, 0.2) is 0 Å². The lowest BCUT2D eigenvalue weighted by Crippen LogP contribution is -2.32. The van der Waals surface area contributed by atoms with Crippen molar-refractivity contribution in [2.75, 3.05) is 26.9 Å². The van der Waals surface area contributed by atoms with E-state index in [0.29, 0.717) is 0 Å². The van der Waals surface area contributed by atoms with Crippen molar-refractivity contribution in [1.29, 1.82) is 0 Å². The summed E-state index contributed by atoms with van der Waals surface area (Å²) in [5.74, 6) is 0. The zero-order chi connectivity index (χ0) is 24.0. The topological polar surface area (TPSA) is 90.1 Å². The Kier molecular flexibility index (Phi) is 13.8. The summed E-state index contributed by atoms with van der Waals surface area (Å²) >= 11 is 0. The van der Waals surface area contributed by atoms with Gasteiger partial charge < -0.3 is 22.5 Å². The third kappa shape index (κ3) is 7.80. The minimum Gasteiger partial charge on any atom is -0.398 e. The van der Waals surface area contributed by atoms with Gasteiger partial charge in [-0.25, -0.2) is 0 Å². The predicted octanol–water partition coefficient (Wildman–Crippen LogP) is 4.65. The lowest BCUT2D eigenvalue weighted by molar-refractivity contribution is 0.444. The van der Waals surface area contributed by atoms with E-state index in [-0.39, 0.29) is 5.54 Å². The number of nitrogens with two attached hydrogens (primary N) is 3. The summed E-state index contributed by atoms with van der Waals surface area (Å²) in [6, 6.07) is 11.1. The van der Waals surface area contributed by atoms with E-state index in [9.17, 15) is 0 Å². The number of benzene rings is 2. The van der Waals surface area contributed by atoms with Gasteiger partial charge in [-0.2, -0.15) is 0 Å². The number of rotatable bonds is 2. The normalized spacial score (nSPS) is 12.9. The molecule has 0 amide bonds. The van der Waals surface area contributed by atoms with E-state index in [1.54, 1.807) is 0 Å². The summed E-state index contributed by atoms with van der Waals surface area (Å²) in [7, 11) is 4.99. The monoisotopic (exact) mass is 426 g/mol. The van der Waals surface area contributed by atoms with Gasteiger partial charge in [-0.05, 0) is 108 Å². The van der Waals surface area contributed by atoms with E-state index in [4.69, 9.17) is 5.73 Å². The molecule has 0 aromatic heterocycles. The van der Waals surface area contributed by atoms with Crippen LogP contribution in [-0.4, -0.2) is 21.1 Å². The van der Waals surface area contributed by atoms with Crippen LogP contribution in [0, 0.1) is 6.92 Å². The van der Waals surface area contributed by atoms with Crippen LogP contribution in [0.4, 0.5) is 5.69 Å². The molecule has 0 aliphatic heterocycles. The molecule has 0 saturated heterocycles. The maximum atomic E-state index is 6.19. The number of hydrogen-bond donors (Lipinski definition) is 4. The number of fused-ring (bicyclic) bond motifs is 2. The van der Waals surface area contributed by atoms with E-state index in [0.717, 1.165) is 5.69 Å². The van der Waals surface area contributed by atoms with Crippen LogP contribution >= 0.6 is 0 Å². The highest BCUT2D eigenvalue weighted by molar-refractivity contribution is 5.63. The molecule has 0 heterocycles. The Morgan fingerprint density at radius 2 is 1.23 bits per heavy atom. The van der Waals surface area contributed by atoms with Crippen molar-refractivity contribution in [3.63, 3.8) is 0 Å². The number of anilines is 1. The molecule has 0 atom stereocenters. The summed E-state index contributed by atoms with van der Waals surface area (Å²) in [5.41, 5.74) is 25.1. The molecule has 2 aliphatic carbocycles. The highest BCUT2D eigenvalue weighted by Crippen LogP contribution is 2.36. The average Bonchev–Trinajstić information content (AvgIpc) is 3.49. The van der Waals surface area contributed by atoms with E-state index in [1.165, 1.54) is 86.0 Å². The molecule has 174 valence electrons. The molecule has 0 bridgehead atoms. The van der Waals surface area contributed by atoms with Crippen molar-refractivity contribution in [2.45, 2.75) is 64.8 Å². The highest BCUT2D eigenvalue weighted by atomic mass is 14.9. The molecule has 7 N–H and O–H groups in total. The summed E-state index contributed by atoms with van der Waals surface area (Å²) in [4.78, 5) is 0. The van der Waals surface area contributed by atoms with Crippen molar-refractivity contribution >= 4 is 5.69 Å². The number of hydrogen-bond acceptors (Lipinski definition) is 4. The second-order valence-electron chi connectivity index (χ2n) is 8.01. The van der Waals surface area contributed by atoms with Crippen molar-refractivity contribution in [1.82, 2.24) is 5.32 Å². The van der Waals surface area contributed by atoms with Gasteiger partial charge >= 0.3 is 0 Å². The molecule has 2 aliphatic rings. The maximum Gasteiger partial charge on any atom is 0.0384 e. The van der Waals surface area contributed by atoms with Crippen LogP contribution in [0.1, 0.15) is 60.1 Å². The molecule has 0 saturated carbocycles. The van der Waals surface area contributed by atoms with Gasteiger partial charge in [0.1, 0.15) is 0 Å². The Hall–Kier alpha value is -2.14. The van der Waals surface area contributed by atoms with Crippen LogP contribution in [-0.2, 0) is 31.2 Å². The minimum atomic E-state index is 0.0771. The standard InChI is InChI=1S/C12H15N.C11H17N.C2H4.2CH5N/c13-12-10-5-1-3-8(10)7-9-4-2-6-11(9)12;1-9-5-7-10(8-6-9)11(2,3)12-4;3*1-2/h7H,1-6,13H2;5-8,12H,1-4H3;1-2H2;2*2H2,1H3. The van der Waals surface area contributed by atoms with E-state index >= 15 is 0 Å². The zero-order valence-corrected chi connectivity index (χ0v) is 20.8. The van der Waals surface area contributed by atoms with Crippen LogP contribution in [0.15, 0.2) is 43.5 Å². The van der Waals surface area contributed by atoms with Crippen LogP contribution in [0.5, 0.6) is 0 Å². The fourth-order valence-electron chi connectivity index (χ4n) is 3.97. The van der Waals surface area contributed by atoms with E-state index in [2.05, 4.69) is 81.0 Å². The third-order valence-electron chi connectivity index (χ3n) is 5.92. The van der Waals surface area contributed by atoms with E-state index < -0.39 is 0 Å². The Labute approximate surface area is 191 Å². The zero-order valence-electron chi connectivity index (χ0n) is 20.8. The lowest BCUT2D eigenvalue weighted by atomic mass is 9.94. The molecule has 4 nitrogen and oxygen atoms in total. The van der Waals surface area contributed by atoms with Crippen LogP contribution < -0.4 is 22.5 Å². The molecule has 4 rings (SSSR count). The quantitative estimate of drug-likeness (QED) is 0.416. The number of nitrogen functional groups attached to an aromatic ring is 1. The van der Waals surface area contributed by atoms with Crippen molar-refractivity contribution in [3.8, 4) is 0 Å². The van der Waals surface area contributed by atoms with Crippen LogP contribution in [0.2, 0.25) is 0 Å². The lowest BCUT2D eigenvalue weighted by Gasteiger charge is -2.24. The van der Waals surface area contributed by atoms with Gasteiger partial charge in [-0.3, -0.25) is 0 Å². The predicted molar refractivity (Wildman–Crippen MR) is 140 cm³/mol.